The zero-order valence-corrected chi connectivity index (χ0v) is 21.9. The summed E-state index contributed by atoms with van der Waals surface area (Å²) in [5, 5.41) is 2.63. The molecule has 194 valence electrons. The molecular weight excluding hydrogens is 520 g/mol. The SMILES string of the molecule is O=C1NC(=S)N(c2ccc(Oc3ccccc3)cc2)C(=O)/C1=C\c1occ(-c2ccccc2)c1-c1ccccc1. The normalized spacial score (nSPS) is 14.3. The van der Waals surface area contributed by atoms with Crippen LogP contribution in [-0.2, 0) is 9.59 Å². The first-order chi connectivity index (χ1) is 19.6. The summed E-state index contributed by atoms with van der Waals surface area (Å²) < 4.78 is 11.8. The van der Waals surface area contributed by atoms with E-state index in [1.165, 1.54) is 11.0 Å². The maximum atomic E-state index is 13.7. The maximum Gasteiger partial charge on any atom is 0.270 e. The molecular formula is C33H22N2O4S. The summed E-state index contributed by atoms with van der Waals surface area (Å²) >= 11 is 5.38. The van der Waals surface area contributed by atoms with Gasteiger partial charge < -0.3 is 9.15 Å². The van der Waals surface area contributed by atoms with Gasteiger partial charge in [0.25, 0.3) is 11.8 Å². The number of furan rings is 1. The van der Waals surface area contributed by atoms with Gasteiger partial charge in [-0.2, -0.15) is 0 Å². The molecule has 7 heteroatoms. The molecule has 4 aromatic carbocycles. The van der Waals surface area contributed by atoms with Crippen molar-refractivity contribution in [1.82, 2.24) is 5.32 Å². The van der Waals surface area contributed by atoms with Gasteiger partial charge in [0.1, 0.15) is 22.8 Å². The number of nitrogens with one attached hydrogen (secondary N) is 1. The quantitative estimate of drug-likeness (QED) is 0.139. The predicted octanol–water partition coefficient (Wildman–Crippen LogP) is 7.24. The van der Waals surface area contributed by atoms with E-state index in [2.05, 4.69) is 5.32 Å². The lowest BCUT2D eigenvalue weighted by molar-refractivity contribution is -0.122. The standard InChI is InChI=1S/C33H22N2O4S/c36-31-27(20-29-30(23-12-6-2-7-13-23)28(21-38-29)22-10-4-1-5-11-22)32(37)35(33(40)34-31)24-16-18-26(19-17-24)39-25-14-8-3-9-15-25/h1-21H,(H,34,36,40)/b27-20-. The lowest BCUT2D eigenvalue weighted by Gasteiger charge is -2.28. The molecule has 2 amide bonds. The minimum absolute atomic E-state index is 0.00317. The van der Waals surface area contributed by atoms with Crippen molar-refractivity contribution in [3.05, 3.63) is 133 Å². The van der Waals surface area contributed by atoms with E-state index in [0.717, 1.165) is 22.3 Å². The Morgan fingerprint density at radius 2 is 1.30 bits per heavy atom. The smallest absolute Gasteiger partial charge is 0.270 e. The fraction of sp³-hybridized carbons (Fsp3) is 0. The first-order valence-corrected chi connectivity index (χ1v) is 13.0. The predicted molar refractivity (Wildman–Crippen MR) is 159 cm³/mol. The number of ether oxygens (including phenoxy) is 1. The molecule has 1 aliphatic heterocycles. The van der Waals surface area contributed by atoms with Crippen LogP contribution in [-0.4, -0.2) is 16.9 Å². The number of hydrogen-bond donors (Lipinski definition) is 1. The molecule has 1 aliphatic rings. The number of rotatable bonds is 6. The fourth-order valence-electron chi connectivity index (χ4n) is 4.52. The number of nitrogens with zero attached hydrogens (tertiary/aromatic N) is 1. The number of carbonyl (C=O) groups excluding carboxylic acids is 2. The third-order valence-corrected chi connectivity index (χ3v) is 6.70. The number of para-hydroxylation sites is 1. The van der Waals surface area contributed by atoms with Crippen LogP contribution in [0, 0.1) is 0 Å². The monoisotopic (exact) mass is 542 g/mol. The summed E-state index contributed by atoms with van der Waals surface area (Å²) in [4.78, 5) is 28.0. The van der Waals surface area contributed by atoms with Crippen LogP contribution in [0.15, 0.2) is 132 Å². The van der Waals surface area contributed by atoms with Crippen LogP contribution < -0.4 is 15.0 Å². The van der Waals surface area contributed by atoms with Crippen LogP contribution in [0.5, 0.6) is 11.5 Å². The van der Waals surface area contributed by atoms with Gasteiger partial charge in [0.15, 0.2) is 5.11 Å². The van der Waals surface area contributed by atoms with Gasteiger partial charge in [-0.3, -0.25) is 19.8 Å². The number of carbonyl (C=O) groups is 2. The van der Waals surface area contributed by atoms with Crippen LogP contribution in [0.2, 0.25) is 0 Å². The Balaban J connectivity index is 1.36. The van der Waals surface area contributed by atoms with Gasteiger partial charge >= 0.3 is 0 Å². The lowest BCUT2D eigenvalue weighted by Crippen LogP contribution is -2.54. The molecule has 2 heterocycles. The molecule has 0 spiro atoms. The maximum absolute atomic E-state index is 13.7. The van der Waals surface area contributed by atoms with E-state index in [0.29, 0.717) is 22.9 Å². The molecule has 40 heavy (non-hydrogen) atoms. The Morgan fingerprint density at radius 1 is 0.725 bits per heavy atom. The number of amides is 2. The topological polar surface area (TPSA) is 71.8 Å². The van der Waals surface area contributed by atoms with Crippen molar-refractivity contribution >= 4 is 40.9 Å². The second-order valence-corrected chi connectivity index (χ2v) is 9.37. The second kappa shape index (κ2) is 10.8. The fourth-order valence-corrected chi connectivity index (χ4v) is 4.80. The van der Waals surface area contributed by atoms with E-state index in [-0.39, 0.29) is 10.7 Å². The highest BCUT2D eigenvalue weighted by atomic mass is 32.1. The lowest BCUT2D eigenvalue weighted by atomic mass is 9.96. The molecule has 6 nitrogen and oxygen atoms in total. The van der Waals surface area contributed by atoms with Crippen molar-refractivity contribution in [3.8, 4) is 33.8 Å². The zero-order chi connectivity index (χ0) is 27.5. The molecule has 0 aliphatic carbocycles. The average molecular weight is 543 g/mol. The van der Waals surface area contributed by atoms with Crippen molar-refractivity contribution in [3.63, 3.8) is 0 Å². The summed E-state index contributed by atoms with van der Waals surface area (Å²) in [7, 11) is 0. The summed E-state index contributed by atoms with van der Waals surface area (Å²) in [6.45, 7) is 0. The molecule has 0 radical (unpaired) electrons. The number of benzene rings is 4. The molecule has 0 unspecified atom stereocenters. The minimum Gasteiger partial charge on any atom is -0.464 e. The van der Waals surface area contributed by atoms with Crippen molar-refractivity contribution in [2.45, 2.75) is 0 Å². The molecule has 5 aromatic rings. The van der Waals surface area contributed by atoms with Gasteiger partial charge in [0.2, 0.25) is 0 Å². The highest BCUT2D eigenvalue weighted by molar-refractivity contribution is 7.80. The Morgan fingerprint density at radius 3 is 1.95 bits per heavy atom. The van der Waals surface area contributed by atoms with Crippen LogP contribution in [0.1, 0.15) is 5.76 Å². The van der Waals surface area contributed by atoms with E-state index in [9.17, 15) is 9.59 Å². The van der Waals surface area contributed by atoms with Crippen molar-refractivity contribution in [2.75, 3.05) is 4.90 Å². The third kappa shape index (κ3) is 4.93. The zero-order valence-electron chi connectivity index (χ0n) is 21.1. The Bertz CT molecular complexity index is 1730. The average Bonchev–Trinajstić information content (AvgIpc) is 3.41. The molecule has 1 fully saturated rings. The summed E-state index contributed by atoms with van der Waals surface area (Å²) in [6, 6.07) is 35.8. The molecule has 6 rings (SSSR count). The summed E-state index contributed by atoms with van der Waals surface area (Å²) in [5.41, 5.74) is 3.88. The van der Waals surface area contributed by atoms with E-state index in [1.54, 1.807) is 30.5 Å². The highest BCUT2D eigenvalue weighted by Gasteiger charge is 2.35. The first-order valence-electron chi connectivity index (χ1n) is 12.6. The van der Waals surface area contributed by atoms with Crippen LogP contribution in [0.3, 0.4) is 0 Å². The molecule has 1 N–H and O–H groups in total. The minimum atomic E-state index is -0.591. The van der Waals surface area contributed by atoms with E-state index < -0.39 is 11.8 Å². The molecule has 1 aromatic heterocycles. The number of anilines is 1. The third-order valence-electron chi connectivity index (χ3n) is 6.42. The van der Waals surface area contributed by atoms with E-state index in [4.69, 9.17) is 21.4 Å². The number of thiocarbonyl (C=S) groups is 1. The van der Waals surface area contributed by atoms with Gasteiger partial charge in [0.05, 0.1) is 12.0 Å². The molecule has 0 bridgehead atoms. The first kappa shape index (κ1) is 25.0. The van der Waals surface area contributed by atoms with Gasteiger partial charge in [-0.05, 0) is 65.8 Å². The molecule has 1 saturated heterocycles. The highest BCUT2D eigenvalue weighted by Crippen LogP contribution is 2.38. The van der Waals surface area contributed by atoms with Crippen LogP contribution in [0.4, 0.5) is 5.69 Å². The summed E-state index contributed by atoms with van der Waals surface area (Å²) in [6.07, 6.45) is 3.12. The second-order valence-electron chi connectivity index (χ2n) is 8.99. The van der Waals surface area contributed by atoms with E-state index >= 15 is 0 Å². The Labute approximate surface area is 236 Å². The summed E-state index contributed by atoms with van der Waals surface area (Å²) in [5.74, 6) is 0.540. The van der Waals surface area contributed by atoms with Crippen LogP contribution in [0.25, 0.3) is 28.3 Å². The van der Waals surface area contributed by atoms with Gasteiger partial charge in [-0.1, -0.05) is 78.9 Å². The largest absolute Gasteiger partial charge is 0.464 e. The Hall–Kier alpha value is -5.27. The molecule has 0 saturated carbocycles. The van der Waals surface area contributed by atoms with Gasteiger partial charge in [0, 0.05) is 11.1 Å². The van der Waals surface area contributed by atoms with Crippen molar-refractivity contribution in [1.29, 1.82) is 0 Å². The Kier molecular flexibility index (Phi) is 6.78. The van der Waals surface area contributed by atoms with Gasteiger partial charge in [-0.15, -0.1) is 0 Å². The van der Waals surface area contributed by atoms with Crippen LogP contribution >= 0.6 is 12.2 Å². The number of hydrogen-bond acceptors (Lipinski definition) is 5. The molecule has 0 atom stereocenters. The van der Waals surface area contributed by atoms with Gasteiger partial charge in [-0.25, -0.2) is 0 Å². The van der Waals surface area contributed by atoms with Crippen molar-refractivity contribution < 1.29 is 18.7 Å². The van der Waals surface area contributed by atoms with E-state index in [1.807, 2.05) is 91.0 Å². The van der Waals surface area contributed by atoms with Crippen molar-refractivity contribution in [2.24, 2.45) is 0 Å².